The second-order valence-electron chi connectivity index (χ2n) is 5.95. The lowest BCUT2D eigenvalue weighted by Gasteiger charge is -2.22. The predicted molar refractivity (Wildman–Crippen MR) is 84.0 cm³/mol. The van der Waals surface area contributed by atoms with E-state index in [1.807, 2.05) is 30.3 Å². The SMILES string of the molecule is COC(=O)c1coc(CN2C(=O)C[C@](C)(c3ccccc3)C2=O)c1. The molecule has 1 saturated heterocycles. The molecule has 2 heterocycles. The molecule has 2 aromatic rings. The highest BCUT2D eigenvalue weighted by atomic mass is 16.5. The maximum Gasteiger partial charge on any atom is 0.341 e. The molecule has 6 nitrogen and oxygen atoms in total. The Morgan fingerprint density at radius 3 is 2.67 bits per heavy atom. The zero-order chi connectivity index (χ0) is 17.3. The molecule has 0 aliphatic carbocycles. The summed E-state index contributed by atoms with van der Waals surface area (Å²) in [5.74, 6) is -0.704. The molecule has 2 amide bonds. The van der Waals surface area contributed by atoms with Crippen molar-refractivity contribution in [1.29, 1.82) is 0 Å². The van der Waals surface area contributed by atoms with Gasteiger partial charge in [0.25, 0.3) is 0 Å². The lowest BCUT2D eigenvalue weighted by atomic mass is 9.81. The van der Waals surface area contributed by atoms with Gasteiger partial charge in [0.1, 0.15) is 12.0 Å². The van der Waals surface area contributed by atoms with E-state index in [1.54, 1.807) is 6.92 Å². The lowest BCUT2D eigenvalue weighted by molar-refractivity contribution is -0.140. The Balaban J connectivity index is 1.82. The van der Waals surface area contributed by atoms with Crippen LogP contribution in [0.2, 0.25) is 0 Å². The van der Waals surface area contributed by atoms with E-state index < -0.39 is 11.4 Å². The number of hydrogen-bond donors (Lipinski definition) is 0. The highest BCUT2D eigenvalue weighted by molar-refractivity contribution is 6.08. The summed E-state index contributed by atoms with van der Waals surface area (Å²) < 4.78 is 9.88. The van der Waals surface area contributed by atoms with E-state index in [0.29, 0.717) is 5.76 Å². The summed E-state index contributed by atoms with van der Waals surface area (Å²) >= 11 is 0. The van der Waals surface area contributed by atoms with Crippen LogP contribution in [0.5, 0.6) is 0 Å². The van der Waals surface area contributed by atoms with Crippen molar-refractivity contribution in [3.05, 3.63) is 59.5 Å². The third-order valence-corrected chi connectivity index (χ3v) is 4.32. The molecule has 0 spiro atoms. The second kappa shape index (κ2) is 5.96. The van der Waals surface area contributed by atoms with E-state index in [0.717, 1.165) is 5.56 Å². The Bertz CT molecular complexity index is 795. The molecule has 6 heteroatoms. The van der Waals surface area contributed by atoms with Gasteiger partial charge in [-0.25, -0.2) is 4.79 Å². The molecule has 1 aromatic carbocycles. The van der Waals surface area contributed by atoms with E-state index in [4.69, 9.17) is 4.42 Å². The normalized spacial score (nSPS) is 20.5. The fourth-order valence-electron chi connectivity index (χ4n) is 2.92. The number of furan rings is 1. The molecule has 0 radical (unpaired) electrons. The number of nitrogens with zero attached hydrogens (tertiary/aromatic N) is 1. The molecule has 0 unspecified atom stereocenters. The molecule has 1 fully saturated rings. The zero-order valence-corrected chi connectivity index (χ0v) is 13.4. The summed E-state index contributed by atoms with van der Waals surface area (Å²) in [6.07, 6.45) is 1.36. The Morgan fingerprint density at radius 2 is 2.00 bits per heavy atom. The van der Waals surface area contributed by atoms with Crippen molar-refractivity contribution in [1.82, 2.24) is 4.90 Å². The molecule has 1 aromatic heterocycles. The number of imide groups is 1. The van der Waals surface area contributed by atoms with Gasteiger partial charge < -0.3 is 9.15 Å². The van der Waals surface area contributed by atoms with Gasteiger partial charge in [0.15, 0.2) is 0 Å². The first kappa shape index (κ1) is 16.0. The van der Waals surface area contributed by atoms with Gasteiger partial charge in [-0.2, -0.15) is 0 Å². The zero-order valence-electron chi connectivity index (χ0n) is 13.4. The fraction of sp³-hybridized carbons (Fsp3) is 0.278. The largest absolute Gasteiger partial charge is 0.467 e. The Kier molecular flexibility index (Phi) is 3.97. The molecule has 1 aliphatic heterocycles. The van der Waals surface area contributed by atoms with Crippen LogP contribution in [0.15, 0.2) is 47.1 Å². The van der Waals surface area contributed by atoms with Crippen LogP contribution in [0.25, 0.3) is 0 Å². The van der Waals surface area contributed by atoms with E-state index in [2.05, 4.69) is 4.74 Å². The van der Waals surface area contributed by atoms with Crippen LogP contribution >= 0.6 is 0 Å². The van der Waals surface area contributed by atoms with E-state index >= 15 is 0 Å². The van der Waals surface area contributed by atoms with Crippen molar-refractivity contribution in [2.24, 2.45) is 0 Å². The predicted octanol–water partition coefficient (Wildman–Crippen LogP) is 2.28. The Morgan fingerprint density at radius 1 is 1.29 bits per heavy atom. The minimum Gasteiger partial charge on any atom is -0.467 e. The van der Waals surface area contributed by atoms with Crippen molar-refractivity contribution in [3.8, 4) is 0 Å². The van der Waals surface area contributed by atoms with Gasteiger partial charge in [-0.3, -0.25) is 14.5 Å². The summed E-state index contributed by atoms with van der Waals surface area (Å²) in [7, 11) is 1.27. The highest BCUT2D eigenvalue weighted by Gasteiger charge is 2.49. The second-order valence-corrected chi connectivity index (χ2v) is 5.95. The van der Waals surface area contributed by atoms with Gasteiger partial charge in [-0.1, -0.05) is 30.3 Å². The van der Waals surface area contributed by atoms with Crippen LogP contribution in [-0.2, 0) is 26.3 Å². The smallest absolute Gasteiger partial charge is 0.341 e. The van der Waals surface area contributed by atoms with E-state index in [-0.39, 0.29) is 30.3 Å². The van der Waals surface area contributed by atoms with Crippen molar-refractivity contribution >= 4 is 17.8 Å². The number of methoxy groups -OCH3 is 1. The Hall–Kier alpha value is -2.89. The average molecular weight is 327 g/mol. The molecule has 1 aliphatic rings. The third-order valence-electron chi connectivity index (χ3n) is 4.32. The van der Waals surface area contributed by atoms with Gasteiger partial charge in [-0.05, 0) is 18.6 Å². The number of esters is 1. The molecule has 124 valence electrons. The van der Waals surface area contributed by atoms with Crippen LogP contribution in [-0.4, -0.2) is 29.8 Å². The average Bonchev–Trinajstić information content (AvgIpc) is 3.15. The summed E-state index contributed by atoms with van der Waals surface area (Å²) in [5.41, 5.74) is 0.175. The van der Waals surface area contributed by atoms with E-state index in [1.165, 1.54) is 24.3 Å². The minimum atomic E-state index is -0.879. The standard InChI is InChI=1S/C18H17NO5/c1-18(13-6-4-3-5-7-13)9-15(20)19(17(18)22)10-14-8-12(11-24-14)16(21)23-2/h3-8,11H,9-10H2,1-2H3/t18-/m1/s1. The first-order chi connectivity index (χ1) is 11.5. The molecule has 3 rings (SSSR count). The monoisotopic (exact) mass is 327 g/mol. The van der Waals surface area contributed by atoms with Gasteiger partial charge in [-0.15, -0.1) is 0 Å². The third kappa shape index (κ3) is 2.60. The number of rotatable bonds is 4. The van der Waals surface area contributed by atoms with Crippen molar-refractivity contribution in [2.45, 2.75) is 25.3 Å². The Labute approximate surface area is 139 Å². The maximum absolute atomic E-state index is 12.8. The number of ether oxygens (including phenoxy) is 1. The number of carbonyl (C=O) groups is 3. The van der Waals surface area contributed by atoms with Gasteiger partial charge in [0, 0.05) is 6.42 Å². The molecule has 0 saturated carbocycles. The van der Waals surface area contributed by atoms with Crippen molar-refractivity contribution in [3.63, 3.8) is 0 Å². The molecular formula is C18H17NO5. The molecule has 24 heavy (non-hydrogen) atoms. The number of hydrogen-bond acceptors (Lipinski definition) is 5. The molecular weight excluding hydrogens is 310 g/mol. The maximum atomic E-state index is 12.8. The highest BCUT2D eigenvalue weighted by Crippen LogP contribution is 2.36. The topological polar surface area (TPSA) is 76.8 Å². The van der Waals surface area contributed by atoms with Crippen LogP contribution < -0.4 is 0 Å². The van der Waals surface area contributed by atoms with Crippen LogP contribution in [0, 0.1) is 0 Å². The summed E-state index contributed by atoms with van der Waals surface area (Å²) in [6, 6.07) is 10.7. The number of carbonyl (C=O) groups excluding carboxylic acids is 3. The van der Waals surface area contributed by atoms with Gasteiger partial charge in [0.2, 0.25) is 11.8 Å². The first-order valence-electron chi connectivity index (χ1n) is 7.52. The summed E-state index contributed by atoms with van der Waals surface area (Å²) in [4.78, 5) is 37.8. The van der Waals surface area contributed by atoms with Crippen molar-refractivity contribution in [2.75, 3.05) is 7.11 Å². The van der Waals surface area contributed by atoms with Crippen LogP contribution in [0.4, 0.5) is 0 Å². The number of amides is 2. The van der Waals surface area contributed by atoms with Gasteiger partial charge in [0.05, 0.1) is 24.6 Å². The fourth-order valence-corrected chi connectivity index (χ4v) is 2.92. The quantitative estimate of drug-likeness (QED) is 0.636. The summed E-state index contributed by atoms with van der Waals surface area (Å²) in [6.45, 7) is 1.77. The van der Waals surface area contributed by atoms with Crippen LogP contribution in [0.1, 0.15) is 35.0 Å². The van der Waals surface area contributed by atoms with Gasteiger partial charge >= 0.3 is 5.97 Å². The van der Waals surface area contributed by atoms with Crippen LogP contribution in [0.3, 0.4) is 0 Å². The first-order valence-corrected chi connectivity index (χ1v) is 7.52. The molecule has 0 N–H and O–H groups in total. The number of benzene rings is 1. The number of likely N-dealkylation sites (tertiary alicyclic amines) is 1. The summed E-state index contributed by atoms with van der Waals surface area (Å²) in [5, 5.41) is 0. The van der Waals surface area contributed by atoms with Crippen molar-refractivity contribution < 1.29 is 23.5 Å². The lowest BCUT2D eigenvalue weighted by Crippen LogP contribution is -2.36. The minimum absolute atomic E-state index is 0.00289. The molecule has 1 atom stereocenters. The van der Waals surface area contributed by atoms with E-state index in [9.17, 15) is 14.4 Å². The molecule has 0 bridgehead atoms.